The van der Waals surface area contributed by atoms with Crippen molar-refractivity contribution in [2.24, 2.45) is 0 Å². The van der Waals surface area contributed by atoms with Crippen LogP contribution < -0.4 is 0 Å². The lowest BCUT2D eigenvalue weighted by molar-refractivity contribution is 0.768. The lowest BCUT2D eigenvalue weighted by atomic mass is 9.67. The van der Waals surface area contributed by atoms with Crippen LogP contribution in [0.1, 0.15) is 22.3 Å². The quantitative estimate of drug-likeness (QED) is 0.164. The summed E-state index contributed by atoms with van der Waals surface area (Å²) in [4.78, 5) is 0. The molecule has 14 rings (SSSR count). The molecule has 0 saturated heterocycles. The summed E-state index contributed by atoms with van der Waals surface area (Å²) in [6.07, 6.45) is 0. The normalized spacial score (nSPS) is 13.0. The zero-order chi connectivity index (χ0) is 42.6. The van der Waals surface area contributed by atoms with Gasteiger partial charge in [-0.15, -0.1) is 0 Å². The molecule has 0 saturated carbocycles. The van der Waals surface area contributed by atoms with Crippen molar-refractivity contribution in [3.63, 3.8) is 0 Å². The van der Waals surface area contributed by atoms with Gasteiger partial charge in [-0.1, -0.05) is 212 Å². The third-order valence-corrected chi connectivity index (χ3v) is 14.3. The highest BCUT2D eigenvalue weighted by atomic mass is 15.0. The molecule has 1 aliphatic rings. The zero-order valence-electron chi connectivity index (χ0n) is 35.5. The van der Waals surface area contributed by atoms with Crippen molar-refractivity contribution in [3.05, 3.63) is 265 Å². The third-order valence-electron chi connectivity index (χ3n) is 14.3. The van der Waals surface area contributed by atoms with Crippen molar-refractivity contribution in [1.82, 2.24) is 9.13 Å². The molecule has 2 nitrogen and oxygen atoms in total. The molecule has 0 atom stereocenters. The fraction of sp³-hybridized carbons (Fsp3) is 0.0159. The molecular formula is C63H40N2. The lowest BCUT2D eigenvalue weighted by Gasteiger charge is -2.34. The Morgan fingerprint density at radius 1 is 0.262 bits per heavy atom. The van der Waals surface area contributed by atoms with E-state index in [0.717, 1.165) is 11.4 Å². The molecular weight excluding hydrogens is 785 g/mol. The van der Waals surface area contributed by atoms with E-state index < -0.39 is 5.41 Å². The van der Waals surface area contributed by atoms with Crippen LogP contribution in [0.2, 0.25) is 0 Å². The maximum Gasteiger partial charge on any atom is 0.0713 e. The number of rotatable bonds is 5. The minimum Gasteiger partial charge on any atom is -0.309 e. The number of fused-ring (bicyclic) bond motifs is 15. The van der Waals surface area contributed by atoms with Crippen molar-refractivity contribution >= 4 is 65.2 Å². The van der Waals surface area contributed by atoms with Gasteiger partial charge in [0.05, 0.1) is 27.5 Å². The highest BCUT2D eigenvalue weighted by molar-refractivity contribution is 6.39. The molecule has 2 heterocycles. The minimum absolute atomic E-state index is 0.479. The Hall–Kier alpha value is -8.46. The van der Waals surface area contributed by atoms with Gasteiger partial charge < -0.3 is 9.13 Å². The van der Waals surface area contributed by atoms with Crippen molar-refractivity contribution in [2.45, 2.75) is 5.41 Å². The van der Waals surface area contributed by atoms with Crippen LogP contribution in [0, 0.1) is 0 Å². The summed E-state index contributed by atoms with van der Waals surface area (Å²) >= 11 is 0. The number of nitrogens with zero attached hydrogens (tertiary/aromatic N) is 2. The van der Waals surface area contributed by atoms with Gasteiger partial charge in [-0.3, -0.25) is 0 Å². The van der Waals surface area contributed by atoms with Gasteiger partial charge in [0.1, 0.15) is 0 Å². The maximum atomic E-state index is 2.56. The highest BCUT2D eigenvalue weighted by Crippen LogP contribution is 2.59. The number of para-hydroxylation sites is 3. The molecule has 65 heavy (non-hydrogen) atoms. The average Bonchev–Trinajstić information content (AvgIpc) is 4.03. The van der Waals surface area contributed by atoms with E-state index in [0.29, 0.717) is 0 Å². The molecule has 2 heteroatoms. The predicted molar refractivity (Wildman–Crippen MR) is 273 cm³/mol. The van der Waals surface area contributed by atoms with E-state index in [1.54, 1.807) is 0 Å². The van der Waals surface area contributed by atoms with Gasteiger partial charge in [0.25, 0.3) is 0 Å². The molecule has 0 amide bonds. The number of hydrogen-bond donors (Lipinski definition) is 0. The lowest BCUT2D eigenvalue weighted by Crippen LogP contribution is -2.28. The minimum atomic E-state index is -0.479. The average molecular weight is 825 g/mol. The summed E-state index contributed by atoms with van der Waals surface area (Å²) in [5.41, 5.74) is 16.9. The second kappa shape index (κ2) is 13.8. The van der Waals surface area contributed by atoms with Crippen molar-refractivity contribution in [2.75, 3.05) is 0 Å². The molecule has 1 aliphatic carbocycles. The van der Waals surface area contributed by atoms with Crippen LogP contribution >= 0.6 is 0 Å². The number of hydrogen-bond acceptors (Lipinski definition) is 0. The van der Waals surface area contributed by atoms with Crippen molar-refractivity contribution < 1.29 is 0 Å². The van der Waals surface area contributed by atoms with E-state index in [-0.39, 0.29) is 0 Å². The van der Waals surface area contributed by atoms with Crippen molar-refractivity contribution in [1.29, 1.82) is 0 Å². The first-order valence-electron chi connectivity index (χ1n) is 22.6. The summed E-state index contributed by atoms with van der Waals surface area (Å²) in [7, 11) is 0. The van der Waals surface area contributed by atoms with Crippen LogP contribution in [0.5, 0.6) is 0 Å². The van der Waals surface area contributed by atoms with Crippen LogP contribution in [0.3, 0.4) is 0 Å². The first-order valence-corrected chi connectivity index (χ1v) is 22.6. The van der Waals surface area contributed by atoms with Crippen LogP contribution in [0.15, 0.2) is 243 Å². The van der Waals surface area contributed by atoms with Gasteiger partial charge >= 0.3 is 0 Å². The molecule has 0 aliphatic heterocycles. The second-order valence-corrected chi connectivity index (χ2v) is 17.5. The topological polar surface area (TPSA) is 9.86 Å². The van der Waals surface area contributed by atoms with E-state index >= 15 is 0 Å². The van der Waals surface area contributed by atoms with E-state index in [2.05, 4.69) is 252 Å². The summed E-state index contributed by atoms with van der Waals surface area (Å²) in [6, 6.07) is 89.9. The number of benzene rings is 11. The maximum absolute atomic E-state index is 2.56. The molecule has 0 fully saturated rings. The SMILES string of the molecule is c1ccc(-n2c3ccccc3c3c4c5ccc6c(-c7cccc8c7-c7ccccc7C8(c7ccccc7)c7ccccc7)cccc6c5n(-c5ccccc5)c4c4ccccc4c32)cc1. The Morgan fingerprint density at radius 2 is 0.708 bits per heavy atom. The second-order valence-electron chi connectivity index (χ2n) is 17.5. The molecule has 302 valence electrons. The van der Waals surface area contributed by atoms with E-state index in [4.69, 9.17) is 0 Å². The summed E-state index contributed by atoms with van der Waals surface area (Å²) in [6.45, 7) is 0. The summed E-state index contributed by atoms with van der Waals surface area (Å²) in [5.74, 6) is 0. The standard InChI is InChI=1S/C63H40N2/c1-5-21-41(22-6-1)63(42-23-7-2-8-24-42)54-36-17-15-31-51(54)57-47(34-20-37-55(57)63)45-33-19-35-48-46(45)39-40-53-59-58-52-32-16-18-38-56(52)64(43-25-9-3-10-26-43)61(58)49-29-13-14-30-50(49)62(59)65(60(48)53)44-27-11-4-12-28-44/h1-40H. The van der Waals surface area contributed by atoms with Crippen LogP contribution in [-0.2, 0) is 5.41 Å². The smallest absolute Gasteiger partial charge is 0.0713 e. The van der Waals surface area contributed by atoms with Gasteiger partial charge in [0, 0.05) is 49.1 Å². The van der Waals surface area contributed by atoms with Crippen LogP contribution in [-0.4, -0.2) is 9.13 Å². The van der Waals surface area contributed by atoms with E-state index in [1.807, 2.05) is 0 Å². The largest absolute Gasteiger partial charge is 0.309 e. The molecule has 13 aromatic rings. The van der Waals surface area contributed by atoms with E-state index in [1.165, 1.54) is 110 Å². The molecule has 11 aromatic carbocycles. The first kappa shape index (κ1) is 36.1. The van der Waals surface area contributed by atoms with Crippen LogP contribution in [0.4, 0.5) is 0 Å². The molecule has 2 aromatic heterocycles. The molecule has 0 unspecified atom stereocenters. The van der Waals surface area contributed by atoms with Gasteiger partial charge in [-0.2, -0.15) is 0 Å². The fourth-order valence-corrected chi connectivity index (χ4v) is 11.9. The van der Waals surface area contributed by atoms with E-state index in [9.17, 15) is 0 Å². The Labute approximate surface area is 376 Å². The third kappa shape index (κ3) is 4.83. The predicted octanol–water partition coefficient (Wildman–Crippen LogP) is 16.2. The molecule has 0 bridgehead atoms. The molecule has 0 spiro atoms. The van der Waals surface area contributed by atoms with Gasteiger partial charge in [-0.25, -0.2) is 0 Å². The van der Waals surface area contributed by atoms with Gasteiger partial charge in [0.15, 0.2) is 0 Å². The van der Waals surface area contributed by atoms with Crippen LogP contribution in [0.25, 0.3) is 98.8 Å². The Bertz CT molecular complexity index is 3990. The first-order chi connectivity index (χ1) is 32.3. The van der Waals surface area contributed by atoms with Gasteiger partial charge in [-0.05, 0) is 80.2 Å². The van der Waals surface area contributed by atoms with Gasteiger partial charge in [0.2, 0.25) is 0 Å². The fourth-order valence-electron chi connectivity index (χ4n) is 11.9. The monoisotopic (exact) mass is 824 g/mol. The Morgan fingerprint density at radius 3 is 1.40 bits per heavy atom. The summed E-state index contributed by atoms with van der Waals surface area (Å²) < 4.78 is 5.05. The molecule has 0 radical (unpaired) electrons. The summed E-state index contributed by atoms with van der Waals surface area (Å²) in [5, 5.41) is 9.98. The molecule has 0 N–H and O–H groups in total. The highest BCUT2D eigenvalue weighted by Gasteiger charge is 2.46. The zero-order valence-corrected chi connectivity index (χ0v) is 35.5. The Kier molecular flexibility index (Phi) is 7.64. The number of aromatic nitrogens is 2. The Balaban J connectivity index is 1.14. The van der Waals surface area contributed by atoms with Crippen molar-refractivity contribution in [3.8, 4) is 33.6 Å².